The lowest BCUT2D eigenvalue weighted by molar-refractivity contribution is 0.386. The summed E-state index contributed by atoms with van der Waals surface area (Å²) in [5.41, 5.74) is 0. The molecule has 0 atom stereocenters. The highest BCUT2D eigenvalue weighted by Gasteiger charge is 2.06. The minimum absolute atomic E-state index is 0.00815. The second kappa shape index (κ2) is 4.47. The third kappa shape index (κ3) is 4.63. The first kappa shape index (κ1) is 11.8. The first-order chi connectivity index (χ1) is 6.87. The molecule has 0 bridgehead atoms. The zero-order valence-corrected chi connectivity index (χ0v) is 8.77. The maximum atomic E-state index is 10.3. The predicted molar refractivity (Wildman–Crippen MR) is 49.6 cm³/mol. The minimum atomic E-state index is -4.57. The van der Waals surface area contributed by atoms with Crippen LogP contribution in [0.3, 0.4) is 0 Å². The van der Waals surface area contributed by atoms with Crippen LogP contribution in [-0.4, -0.2) is 21.4 Å². The maximum Gasteiger partial charge on any atom is 0.446 e. The summed E-state index contributed by atoms with van der Waals surface area (Å²) < 4.78 is 57.5. The van der Waals surface area contributed by atoms with Gasteiger partial charge in [-0.05, 0) is 24.3 Å². The normalized spacial score (nSPS) is 11.3. The molecule has 0 fully saturated rings. The molecule has 0 aliphatic rings. The molecule has 0 saturated carbocycles. The van der Waals surface area contributed by atoms with Gasteiger partial charge in [0.2, 0.25) is 0 Å². The number of thiol groups is 1. The Morgan fingerprint density at radius 1 is 1.07 bits per heavy atom. The Morgan fingerprint density at radius 2 is 1.53 bits per heavy atom. The molecule has 1 aromatic carbocycles. The van der Waals surface area contributed by atoms with Crippen molar-refractivity contribution in [3.05, 3.63) is 24.3 Å². The summed E-state index contributed by atoms with van der Waals surface area (Å²) in [5.74, 6) is -0.153. The zero-order chi connectivity index (χ0) is 11.5. The van der Waals surface area contributed by atoms with Gasteiger partial charge in [0.05, 0.1) is 0 Å². The number of hydrogen-bond acceptors (Lipinski definition) is 6. The van der Waals surface area contributed by atoms with Crippen LogP contribution in [0.2, 0.25) is 0 Å². The SMILES string of the molecule is O=[SH](=O)Oc1ccc(OS(=O)(=O)O)cc1. The van der Waals surface area contributed by atoms with Crippen molar-refractivity contribution >= 4 is 21.4 Å². The van der Waals surface area contributed by atoms with Crippen LogP contribution in [0, 0.1) is 0 Å². The van der Waals surface area contributed by atoms with E-state index in [1.165, 1.54) is 12.1 Å². The molecule has 0 unspecified atom stereocenters. The molecule has 0 amide bonds. The molecular formula is C6H6O7S2. The molecule has 0 radical (unpaired) electrons. The molecule has 84 valence electrons. The molecular weight excluding hydrogens is 248 g/mol. The molecule has 0 aromatic heterocycles. The Balaban J connectivity index is 2.81. The highest BCUT2D eigenvalue weighted by molar-refractivity contribution is 7.81. The second-order valence-electron chi connectivity index (χ2n) is 2.30. The van der Waals surface area contributed by atoms with Crippen molar-refractivity contribution < 1.29 is 29.8 Å². The van der Waals surface area contributed by atoms with E-state index in [0.717, 1.165) is 12.1 Å². The molecule has 0 spiro atoms. The fourth-order valence-corrected chi connectivity index (χ4v) is 1.41. The topological polar surface area (TPSA) is 107 Å². The molecule has 0 heterocycles. The number of rotatable bonds is 4. The molecule has 7 nitrogen and oxygen atoms in total. The van der Waals surface area contributed by atoms with Crippen LogP contribution in [0.1, 0.15) is 0 Å². The average molecular weight is 254 g/mol. The second-order valence-corrected chi connectivity index (χ2v) is 3.95. The maximum absolute atomic E-state index is 10.3. The van der Waals surface area contributed by atoms with Crippen LogP contribution in [0.5, 0.6) is 11.5 Å². The van der Waals surface area contributed by atoms with Gasteiger partial charge in [0.25, 0.3) is 11.0 Å². The van der Waals surface area contributed by atoms with E-state index < -0.39 is 21.4 Å². The number of hydrogen-bond donors (Lipinski definition) is 2. The quantitative estimate of drug-likeness (QED) is 0.564. The van der Waals surface area contributed by atoms with Crippen molar-refractivity contribution in [3.8, 4) is 11.5 Å². The summed E-state index contributed by atoms with van der Waals surface area (Å²) in [5, 5.41) is 0. The molecule has 0 saturated heterocycles. The van der Waals surface area contributed by atoms with E-state index in [1.807, 2.05) is 0 Å². The lowest BCUT2D eigenvalue weighted by Crippen LogP contribution is -2.06. The summed E-state index contributed by atoms with van der Waals surface area (Å²) in [6.45, 7) is 0. The standard InChI is InChI=1S/C6H6O7S2/c7-14(8)12-5-1-3-6(4-2-5)13-15(9,10)11/h1-4,14H,(H,9,10,11). The van der Waals surface area contributed by atoms with E-state index in [4.69, 9.17) is 4.55 Å². The third-order valence-corrected chi connectivity index (χ3v) is 1.97. The largest absolute Gasteiger partial charge is 0.446 e. The van der Waals surface area contributed by atoms with Gasteiger partial charge in [-0.25, -0.2) is 0 Å². The van der Waals surface area contributed by atoms with Crippen LogP contribution in [0.4, 0.5) is 0 Å². The smallest absolute Gasteiger partial charge is 0.384 e. The molecule has 1 aromatic rings. The van der Waals surface area contributed by atoms with E-state index in [2.05, 4.69) is 8.37 Å². The van der Waals surface area contributed by atoms with Gasteiger partial charge < -0.3 is 8.37 Å². The third-order valence-electron chi connectivity index (χ3n) is 1.21. The zero-order valence-electron chi connectivity index (χ0n) is 7.06. The number of benzene rings is 1. The molecule has 15 heavy (non-hydrogen) atoms. The Morgan fingerprint density at radius 3 is 1.93 bits per heavy atom. The van der Waals surface area contributed by atoms with Gasteiger partial charge in [0.15, 0.2) is 0 Å². The van der Waals surface area contributed by atoms with E-state index >= 15 is 0 Å². The Hall–Kier alpha value is -1.32. The van der Waals surface area contributed by atoms with E-state index in [9.17, 15) is 16.8 Å². The Bertz CT molecular complexity index is 491. The monoisotopic (exact) mass is 254 g/mol. The fraction of sp³-hybridized carbons (Fsp3) is 0. The summed E-state index contributed by atoms with van der Waals surface area (Å²) in [6.07, 6.45) is 0. The van der Waals surface area contributed by atoms with Gasteiger partial charge in [-0.3, -0.25) is 4.55 Å². The fourth-order valence-electron chi connectivity index (χ4n) is 0.764. The molecule has 0 aliphatic heterocycles. The summed E-state index contributed by atoms with van der Waals surface area (Å²) >= 11 is 0. The molecule has 1 rings (SSSR count). The molecule has 9 heteroatoms. The minimum Gasteiger partial charge on any atom is -0.384 e. The predicted octanol–water partition coefficient (Wildman–Crippen LogP) is -0.227. The van der Waals surface area contributed by atoms with Gasteiger partial charge in [0, 0.05) is 0 Å². The first-order valence-electron chi connectivity index (χ1n) is 3.46. The van der Waals surface area contributed by atoms with Crippen molar-refractivity contribution in [2.24, 2.45) is 0 Å². The Labute approximate surface area is 87.4 Å². The van der Waals surface area contributed by atoms with Gasteiger partial charge in [-0.15, -0.1) is 0 Å². The van der Waals surface area contributed by atoms with Gasteiger partial charge in [0.1, 0.15) is 11.5 Å². The van der Waals surface area contributed by atoms with Crippen molar-refractivity contribution in [2.75, 3.05) is 0 Å². The van der Waals surface area contributed by atoms with Crippen LogP contribution in [0.25, 0.3) is 0 Å². The van der Waals surface area contributed by atoms with Crippen molar-refractivity contribution in [1.82, 2.24) is 0 Å². The van der Waals surface area contributed by atoms with Crippen molar-refractivity contribution in [2.45, 2.75) is 0 Å². The summed E-state index contributed by atoms with van der Waals surface area (Å²) in [6, 6.07) is 4.60. The van der Waals surface area contributed by atoms with Crippen molar-refractivity contribution in [1.29, 1.82) is 0 Å². The summed E-state index contributed by atoms with van der Waals surface area (Å²) in [7, 11) is -7.59. The first-order valence-corrected chi connectivity index (χ1v) is 5.92. The lowest BCUT2D eigenvalue weighted by atomic mass is 10.3. The van der Waals surface area contributed by atoms with Crippen LogP contribution in [0.15, 0.2) is 24.3 Å². The average Bonchev–Trinajstić information content (AvgIpc) is 2.05. The van der Waals surface area contributed by atoms with E-state index in [-0.39, 0.29) is 11.5 Å². The van der Waals surface area contributed by atoms with E-state index in [0.29, 0.717) is 0 Å². The van der Waals surface area contributed by atoms with E-state index in [1.54, 1.807) is 0 Å². The highest BCUT2D eigenvalue weighted by Crippen LogP contribution is 2.18. The summed E-state index contributed by atoms with van der Waals surface area (Å²) in [4.78, 5) is 0. The van der Waals surface area contributed by atoms with Gasteiger partial charge in [-0.2, -0.15) is 16.8 Å². The molecule has 1 N–H and O–H groups in total. The van der Waals surface area contributed by atoms with Gasteiger partial charge in [-0.1, -0.05) is 0 Å². The highest BCUT2D eigenvalue weighted by atomic mass is 32.3. The molecule has 0 aliphatic carbocycles. The Kier molecular flexibility index (Phi) is 3.50. The van der Waals surface area contributed by atoms with Crippen LogP contribution < -0.4 is 8.37 Å². The van der Waals surface area contributed by atoms with Crippen LogP contribution in [-0.2, 0) is 21.4 Å². The van der Waals surface area contributed by atoms with Gasteiger partial charge >= 0.3 is 10.4 Å². The lowest BCUT2D eigenvalue weighted by Gasteiger charge is -2.01. The van der Waals surface area contributed by atoms with Crippen molar-refractivity contribution in [3.63, 3.8) is 0 Å². The van der Waals surface area contributed by atoms with Crippen LogP contribution >= 0.6 is 0 Å².